The van der Waals surface area contributed by atoms with E-state index in [1.807, 2.05) is 25.1 Å². The van der Waals surface area contributed by atoms with Gasteiger partial charge in [0.05, 0.1) is 6.10 Å². The van der Waals surface area contributed by atoms with E-state index in [1.165, 1.54) is 4.90 Å². The zero-order valence-electron chi connectivity index (χ0n) is 10.0. The number of hydrogen-bond acceptors (Lipinski definition) is 2. The molecule has 0 fully saturated rings. The lowest BCUT2D eigenvalue weighted by Crippen LogP contribution is -2.21. The van der Waals surface area contributed by atoms with Gasteiger partial charge in [0.15, 0.2) is 0 Å². The maximum atomic E-state index is 9.95. The van der Waals surface area contributed by atoms with Crippen LogP contribution in [0.25, 0.3) is 0 Å². The second kappa shape index (κ2) is 6.77. The highest BCUT2D eigenvalue weighted by molar-refractivity contribution is 7.99. The smallest absolute Gasteiger partial charge is 0.0780 e. The van der Waals surface area contributed by atoms with Crippen LogP contribution in [-0.4, -0.2) is 17.0 Å². The SMILES string of the molecule is C=C(CC)[C@@H](O)[C@@H](C)CSc1ccccc1. The molecule has 0 aliphatic heterocycles. The third kappa shape index (κ3) is 4.03. The molecule has 0 unspecified atom stereocenters. The molecule has 1 nitrogen and oxygen atoms in total. The van der Waals surface area contributed by atoms with Crippen molar-refractivity contribution in [2.75, 3.05) is 5.75 Å². The Morgan fingerprint density at radius 3 is 2.56 bits per heavy atom. The lowest BCUT2D eigenvalue weighted by atomic mass is 9.99. The molecule has 1 rings (SSSR count). The van der Waals surface area contributed by atoms with E-state index in [9.17, 15) is 5.11 Å². The predicted molar refractivity (Wildman–Crippen MR) is 71.8 cm³/mol. The molecule has 1 N–H and O–H groups in total. The van der Waals surface area contributed by atoms with E-state index >= 15 is 0 Å². The molecule has 0 aliphatic carbocycles. The van der Waals surface area contributed by atoms with E-state index in [2.05, 4.69) is 25.6 Å². The summed E-state index contributed by atoms with van der Waals surface area (Å²) in [7, 11) is 0. The molecule has 88 valence electrons. The fraction of sp³-hybridized carbons (Fsp3) is 0.429. The van der Waals surface area contributed by atoms with Crippen molar-refractivity contribution in [3.8, 4) is 0 Å². The molecule has 1 aromatic rings. The van der Waals surface area contributed by atoms with Gasteiger partial charge in [-0.2, -0.15) is 0 Å². The van der Waals surface area contributed by atoms with Crippen LogP contribution < -0.4 is 0 Å². The molecule has 0 bridgehead atoms. The van der Waals surface area contributed by atoms with E-state index in [-0.39, 0.29) is 12.0 Å². The third-order valence-corrected chi connectivity index (χ3v) is 3.97. The number of thioether (sulfide) groups is 1. The molecule has 0 radical (unpaired) electrons. The van der Waals surface area contributed by atoms with Crippen LogP contribution in [0.3, 0.4) is 0 Å². The number of rotatable bonds is 6. The van der Waals surface area contributed by atoms with Crippen molar-refractivity contribution in [1.29, 1.82) is 0 Å². The Bertz CT molecular complexity index is 321. The molecule has 2 heteroatoms. The second-order valence-corrected chi connectivity index (χ2v) is 5.15. The van der Waals surface area contributed by atoms with E-state index in [4.69, 9.17) is 0 Å². The molecule has 0 spiro atoms. The van der Waals surface area contributed by atoms with Gasteiger partial charge in [0, 0.05) is 10.6 Å². The topological polar surface area (TPSA) is 20.2 Å². The Morgan fingerprint density at radius 2 is 2.00 bits per heavy atom. The molecular formula is C14H20OS. The summed E-state index contributed by atoms with van der Waals surface area (Å²) in [6.45, 7) is 7.99. The first-order chi connectivity index (χ1) is 7.65. The van der Waals surface area contributed by atoms with Crippen LogP contribution in [0.4, 0.5) is 0 Å². The van der Waals surface area contributed by atoms with Gasteiger partial charge in [-0.25, -0.2) is 0 Å². The normalized spacial score (nSPS) is 14.4. The first-order valence-corrected chi connectivity index (χ1v) is 6.67. The number of hydrogen-bond donors (Lipinski definition) is 1. The van der Waals surface area contributed by atoms with Crippen molar-refractivity contribution < 1.29 is 5.11 Å². The van der Waals surface area contributed by atoms with Crippen LogP contribution in [0.15, 0.2) is 47.4 Å². The fourth-order valence-electron chi connectivity index (χ4n) is 1.45. The van der Waals surface area contributed by atoms with E-state index in [1.54, 1.807) is 11.8 Å². The van der Waals surface area contributed by atoms with Gasteiger partial charge < -0.3 is 5.11 Å². The first-order valence-electron chi connectivity index (χ1n) is 5.68. The molecule has 0 aromatic heterocycles. The Morgan fingerprint density at radius 1 is 1.38 bits per heavy atom. The molecule has 2 atom stereocenters. The van der Waals surface area contributed by atoms with Gasteiger partial charge in [0.2, 0.25) is 0 Å². The lowest BCUT2D eigenvalue weighted by Gasteiger charge is -2.19. The minimum absolute atomic E-state index is 0.248. The lowest BCUT2D eigenvalue weighted by molar-refractivity contribution is 0.160. The Labute approximate surface area is 103 Å². The molecule has 0 aliphatic rings. The molecule has 0 amide bonds. The first kappa shape index (κ1) is 13.3. The average molecular weight is 236 g/mol. The Hall–Kier alpha value is -0.730. The van der Waals surface area contributed by atoms with Crippen molar-refractivity contribution in [2.45, 2.75) is 31.3 Å². The maximum absolute atomic E-state index is 9.95. The summed E-state index contributed by atoms with van der Waals surface area (Å²) in [5.74, 6) is 1.17. The Kier molecular flexibility index (Phi) is 5.64. The van der Waals surface area contributed by atoms with Crippen LogP contribution in [0.1, 0.15) is 20.3 Å². The molecule has 0 saturated carbocycles. The van der Waals surface area contributed by atoms with E-state index in [0.29, 0.717) is 0 Å². The largest absolute Gasteiger partial charge is 0.388 e. The van der Waals surface area contributed by atoms with Gasteiger partial charge in [-0.05, 0) is 30.0 Å². The van der Waals surface area contributed by atoms with Gasteiger partial charge in [-0.3, -0.25) is 0 Å². The number of aliphatic hydroxyl groups excluding tert-OH is 1. The van der Waals surface area contributed by atoms with Gasteiger partial charge >= 0.3 is 0 Å². The highest BCUT2D eigenvalue weighted by atomic mass is 32.2. The summed E-state index contributed by atoms with van der Waals surface area (Å²) in [4.78, 5) is 1.25. The van der Waals surface area contributed by atoms with Gasteiger partial charge in [0.1, 0.15) is 0 Å². The highest BCUT2D eigenvalue weighted by Gasteiger charge is 2.16. The minimum atomic E-state index is -0.374. The zero-order valence-corrected chi connectivity index (χ0v) is 10.8. The van der Waals surface area contributed by atoms with Gasteiger partial charge in [-0.15, -0.1) is 11.8 Å². The van der Waals surface area contributed by atoms with Crippen molar-refractivity contribution in [2.24, 2.45) is 5.92 Å². The number of benzene rings is 1. The van der Waals surface area contributed by atoms with Crippen molar-refractivity contribution in [3.05, 3.63) is 42.5 Å². The molecule has 0 heterocycles. The second-order valence-electron chi connectivity index (χ2n) is 4.06. The summed E-state index contributed by atoms with van der Waals surface area (Å²) in [5, 5.41) is 9.95. The molecule has 0 saturated heterocycles. The van der Waals surface area contributed by atoms with Gasteiger partial charge in [0.25, 0.3) is 0 Å². The molecule has 1 aromatic carbocycles. The van der Waals surface area contributed by atoms with Crippen LogP contribution >= 0.6 is 11.8 Å². The quantitative estimate of drug-likeness (QED) is 0.600. The van der Waals surface area contributed by atoms with Crippen molar-refractivity contribution in [1.82, 2.24) is 0 Å². The van der Waals surface area contributed by atoms with Crippen molar-refractivity contribution >= 4 is 11.8 Å². The summed E-state index contributed by atoms with van der Waals surface area (Å²) in [6.07, 6.45) is 0.475. The van der Waals surface area contributed by atoms with Gasteiger partial charge in [-0.1, -0.05) is 38.6 Å². The Balaban J connectivity index is 2.41. The maximum Gasteiger partial charge on any atom is 0.0780 e. The summed E-state index contributed by atoms with van der Waals surface area (Å²) < 4.78 is 0. The summed E-state index contributed by atoms with van der Waals surface area (Å²) in [5.41, 5.74) is 0.932. The molecular weight excluding hydrogens is 216 g/mol. The van der Waals surface area contributed by atoms with Crippen LogP contribution in [-0.2, 0) is 0 Å². The van der Waals surface area contributed by atoms with Crippen molar-refractivity contribution in [3.63, 3.8) is 0 Å². The van der Waals surface area contributed by atoms with Crippen LogP contribution in [0.5, 0.6) is 0 Å². The van der Waals surface area contributed by atoms with Crippen LogP contribution in [0.2, 0.25) is 0 Å². The molecule has 16 heavy (non-hydrogen) atoms. The fourth-order valence-corrected chi connectivity index (χ4v) is 2.43. The standard InChI is InChI=1S/C14H20OS/c1-4-11(2)14(15)12(3)10-16-13-8-6-5-7-9-13/h5-9,12,14-15H,2,4,10H2,1,3H3/t12-,14+/m0/s1. The summed E-state index contributed by atoms with van der Waals surface area (Å²) >= 11 is 1.78. The summed E-state index contributed by atoms with van der Waals surface area (Å²) in [6, 6.07) is 10.3. The average Bonchev–Trinajstić information content (AvgIpc) is 2.35. The number of aliphatic hydroxyl groups is 1. The predicted octanol–water partition coefficient (Wildman–Crippen LogP) is 3.74. The highest BCUT2D eigenvalue weighted by Crippen LogP contribution is 2.24. The minimum Gasteiger partial charge on any atom is -0.388 e. The van der Waals surface area contributed by atoms with E-state index in [0.717, 1.165) is 17.7 Å². The third-order valence-electron chi connectivity index (χ3n) is 2.67. The zero-order chi connectivity index (χ0) is 12.0. The monoisotopic (exact) mass is 236 g/mol. The van der Waals surface area contributed by atoms with Crippen LogP contribution in [0, 0.1) is 5.92 Å². The van der Waals surface area contributed by atoms with E-state index < -0.39 is 0 Å².